The number of Topliss-reactive ketones (excluding diaryl/α,β-unsaturated/α-hetero) is 2. The molecule has 3 aromatic carbocycles. The topological polar surface area (TPSA) is 112 Å². The fourth-order valence-electron chi connectivity index (χ4n) is 3.00. The zero-order chi connectivity index (χ0) is 24.4. The molecule has 0 unspecified atom stereocenters. The summed E-state index contributed by atoms with van der Waals surface area (Å²) in [5, 5.41) is -1.06. The lowest BCUT2D eigenvalue weighted by Gasteiger charge is -2.10. The molecule has 0 heterocycles. The second kappa shape index (κ2) is 9.29. The van der Waals surface area contributed by atoms with E-state index in [0.717, 1.165) is 5.56 Å². The molecule has 3 rings (SSSR count). The first-order chi connectivity index (χ1) is 15.4. The summed E-state index contributed by atoms with van der Waals surface area (Å²) < 4.78 is 56.2. The van der Waals surface area contributed by atoms with E-state index < -0.39 is 24.8 Å². The van der Waals surface area contributed by atoms with Crippen molar-refractivity contribution in [3.05, 3.63) is 83.4 Å². The van der Waals surface area contributed by atoms with Crippen LogP contribution in [0.15, 0.2) is 76.5 Å². The first-order valence-electron chi connectivity index (χ1n) is 9.84. The Morgan fingerprint density at radius 2 is 1.09 bits per heavy atom. The Balaban J connectivity index is 1.83. The molecule has 0 aliphatic heterocycles. The maximum absolute atomic E-state index is 12.7. The van der Waals surface area contributed by atoms with Gasteiger partial charge in [-0.05, 0) is 75.4 Å². The summed E-state index contributed by atoms with van der Waals surface area (Å²) in [7, 11) is -8.19. The zero-order valence-corrected chi connectivity index (χ0v) is 19.9. The van der Waals surface area contributed by atoms with Gasteiger partial charge in [0.1, 0.15) is 11.5 Å². The molecule has 0 N–H and O–H groups in total. The number of ether oxygens (including phenoxy) is 1. The van der Waals surface area contributed by atoms with E-state index in [9.17, 15) is 26.4 Å². The van der Waals surface area contributed by atoms with Gasteiger partial charge in [-0.1, -0.05) is 17.7 Å². The fraction of sp³-hybridized carbons (Fsp3) is 0.167. The fourth-order valence-corrected chi connectivity index (χ4v) is 6.83. The summed E-state index contributed by atoms with van der Waals surface area (Å²) in [4.78, 5) is 23.2. The number of hydrogen-bond donors (Lipinski definition) is 0. The molecule has 9 heteroatoms. The molecule has 0 spiro atoms. The summed E-state index contributed by atoms with van der Waals surface area (Å²) >= 11 is 0. The average molecular weight is 487 g/mol. The van der Waals surface area contributed by atoms with Gasteiger partial charge in [0.25, 0.3) is 0 Å². The van der Waals surface area contributed by atoms with E-state index in [1.165, 1.54) is 68.4 Å². The van der Waals surface area contributed by atoms with E-state index in [2.05, 4.69) is 0 Å². The second-order valence-electron chi connectivity index (χ2n) is 7.59. The Morgan fingerprint density at radius 3 is 1.52 bits per heavy atom. The van der Waals surface area contributed by atoms with Crippen molar-refractivity contribution in [2.75, 3.05) is 5.08 Å². The zero-order valence-electron chi connectivity index (χ0n) is 18.2. The minimum absolute atomic E-state index is 0.0664. The van der Waals surface area contributed by atoms with Gasteiger partial charge in [-0.2, -0.15) is 0 Å². The molecular formula is C24H22O7S2. The number of ketones is 2. The third-order valence-electron chi connectivity index (χ3n) is 4.83. The molecule has 0 saturated heterocycles. The monoisotopic (exact) mass is 486 g/mol. The summed E-state index contributed by atoms with van der Waals surface area (Å²) in [6.07, 6.45) is 0. The number of carbonyl (C=O) groups is 2. The largest absolute Gasteiger partial charge is 0.457 e. The standard InChI is InChI=1S/C24H22O7S2/c1-16-4-8-23(9-5-16)32(27,28)15-33(29,30)24-10-6-21(7-11-24)31-22-13-19(17(2)25)12-20(14-22)18(3)26/h4-14H,15H2,1-3H3. The van der Waals surface area contributed by atoms with Crippen molar-refractivity contribution in [2.45, 2.75) is 30.6 Å². The summed E-state index contributed by atoms with van der Waals surface area (Å²) in [6.45, 7) is 4.54. The van der Waals surface area contributed by atoms with E-state index in [4.69, 9.17) is 4.74 Å². The number of benzene rings is 3. The van der Waals surface area contributed by atoms with Crippen LogP contribution in [0.25, 0.3) is 0 Å². The van der Waals surface area contributed by atoms with Crippen LogP contribution in [0, 0.1) is 6.92 Å². The van der Waals surface area contributed by atoms with Crippen LogP contribution in [0.3, 0.4) is 0 Å². The first kappa shape index (κ1) is 24.3. The molecular weight excluding hydrogens is 464 g/mol. The number of sulfone groups is 2. The van der Waals surface area contributed by atoms with Crippen LogP contribution in [-0.4, -0.2) is 33.5 Å². The highest BCUT2D eigenvalue weighted by Crippen LogP contribution is 2.27. The highest BCUT2D eigenvalue weighted by atomic mass is 32.3. The molecule has 3 aromatic rings. The van der Waals surface area contributed by atoms with Gasteiger partial charge < -0.3 is 4.74 Å². The molecule has 0 bridgehead atoms. The highest BCUT2D eigenvalue weighted by Gasteiger charge is 2.26. The van der Waals surface area contributed by atoms with Gasteiger partial charge in [0.05, 0.1) is 9.79 Å². The van der Waals surface area contributed by atoms with Gasteiger partial charge in [0.2, 0.25) is 0 Å². The molecule has 0 aromatic heterocycles. The Kier molecular flexibility index (Phi) is 6.85. The van der Waals surface area contributed by atoms with Crippen LogP contribution in [0.4, 0.5) is 0 Å². The van der Waals surface area contributed by atoms with Crippen LogP contribution in [0.2, 0.25) is 0 Å². The van der Waals surface area contributed by atoms with Crippen molar-refractivity contribution in [1.29, 1.82) is 0 Å². The average Bonchev–Trinajstić information content (AvgIpc) is 2.73. The summed E-state index contributed by atoms with van der Waals surface area (Å²) in [5.41, 5.74) is 1.47. The molecule has 0 aliphatic rings. The molecule has 7 nitrogen and oxygen atoms in total. The molecule has 0 fully saturated rings. The molecule has 33 heavy (non-hydrogen) atoms. The lowest BCUT2D eigenvalue weighted by Crippen LogP contribution is -2.17. The predicted molar refractivity (Wildman–Crippen MR) is 123 cm³/mol. The number of rotatable bonds is 8. The van der Waals surface area contributed by atoms with E-state index in [-0.39, 0.29) is 32.9 Å². The molecule has 172 valence electrons. The lowest BCUT2D eigenvalue weighted by molar-refractivity contribution is 0.101. The van der Waals surface area contributed by atoms with Crippen molar-refractivity contribution in [2.24, 2.45) is 0 Å². The first-order valence-corrected chi connectivity index (χ1v) is 13.1. The smallest absolute Gasteiger partial charge is 0.193 e. The number of aryl methyl sites for hydroxylation is 1. The van der Waals surface area contributed by atoms with Crippen molar-refractivity contribution in [3.8, 4) is 11.5 Å². The normalized spacial score (nSPS) is 11.7. The van der Waals surface area contributed by atoms with Gasteiger partial charge in [-0.25, -0.2) is 16.8 Å². The van der Waals surface area contributed by atoms with Crippen molar-refractivity contribution >= 4 is 31.2 Å². The quantitative estimate of drug-likeness (QED) is 0.434. The maximum Gasteiger partial charge on any atom is 0.193 e. The lowest BCUT2D eigenvalue weighted by atomic mass is 10.0. The molecule has 0 amide bonds. The molecule has 0 aliphatic carbocycles. The van der Waals surface area contributed by atoms with Crippen molar-refractivity contribution in [1.82, 2.24) is 0 Å². The van der Waals surface area contributed by atoms with Gasteiger partial charge >= 0.3 is 0 Å². The van der Waals surface area contributed by atoms with Gasteiger partial charge in [0.15, 0.2) is 36.3 Å². The minimum atomic E-state index is -4.13. The van der Waals surface area contributed by atoms with E-state index >= 15 is 0 Å². The van der Waals surface area contributed by atoms with Crippen molar-refractivity contribution in [3.63, 3.8) is 0 Å². The predicted octanol–water partition coefficient (Wildman–Crippen LogP) is 4.40. The Labute approximate surface area is 192 Å². The summed E-state index contributed by atoms with van der Waals surface area (Å²) in [6, 6.07) is 15.6. The van der Waals surface area contributed by atoms with Gasteiger partial charge in [-0.3, -0.25) is 9.59 Å². The van der Waals surface area contributed by atoms with Crippen LogP contribution >= 0.6 is 0 Å². The van der Waals surface area contributed by atoms with E-state index in [1.807, 2.05) is 0 Å². The van der Waals surface area contributed by atoms with Crippen LogP contribution in [0.1, 0.15) is 40.1 Å². The van der Waals surface area contributed by atoms with Gasteiger partial charge in [-0.15, -0.1) is 0 Å². The Hall–Kier alpha value is -3.30. The van der Waals surface area contributed by atoms with E-state index in [0.29, 0.717) is 11.1 Å². The SMILES string of the molecule is CC(=O)c1cc(Oc2ccc(S(=O)(=O)CS(=O)(=O)c3ccc(C)cc3)cc2)cc(C(C)=O)c1. The Bertz CT molecular complexity index is 1390. The van der Waals surface area contributed by atoms with Crippen LogP contribution < -0.4 is 4.74 Å². The van der Waals surface area contributed by atoms with Gasteiger partial charge in [0, 0.05) is 11.1 Å². The van der Waals surface area contributed by atoms with Crippen LogP contribution in [-0.2, 0) is 19.7 Å². The molecule has 0 saturated carbocycles. The number of hydrogen-bond acceptors (Lipinski definition) is 7. The second-order valence-corrected chi connectivity index (χ2v) is 11.9. The maximum atomic E-state index is 12.7. The number of carbonyl (C=O) groups excluding carboxylic acids is 2. The third kappa shape index (κ3) is 5.94. The Morgan fingerprint density at radius 1 is 0.667 bits per heavy atom. The summed E-state index contributed by atoms with van der Waals surface area (Å²) in [5.74, 6) is 0.0226. The van der Waals surface area contributed by atoms with Crippen LogP contribution in [0.5, 0.6) is 11.5 Å². The van der Waals surface area contributed by atoms with Crippen molar-refractivity contribution < 1.29 is 31.2 Å². The molecule has 0 radical (unpaired) electrons. The molecule has 0 atom stereocenters. The van der Waals surface area contributed by atoms with E-state index in [1.54, 1.807) is 19.1 Å². The highest BCUT2D eigenvalue weighted by molar-refractivity contribution is 8.08. The third-order valence-corrected chi connectivity index (χ3v) is 9.29. The minimum Gasteiger partial charge on any atom is -0.457 e.